The number of unbranched alkanes of at least 4 members (excludes halogenated alkanes) is 5. The Kier molecular flexibility index (Phi) is 9.48. The summed E-state index contributed by atoms with van der Waals surface area (Å²) in [6, 6.07) is 27.9. The van der Waals surface area contributed by atoms with Crippen molar-refractivity contribution >= 4 is 0 Å². The maximum absolute atomic E-state index is 14.6. The summed E-state index contributed by atoms with van der Waals surface area (Å²) in [6.45, 7) is 4.28. The number of hydrogen-bond acceptors (Lipinski definition) is 1. The topological polar surface area (TPSA) is 9.23 Å². The monoisotopic (exact) mass is 498 g/mol. The van der Waals surface area contributed by atoms with Gasteiger partial charge in [0.05, 0.1) is 6.61 Å². The molecule has 0 aromatic heterocycles. The third-order valence-corrected chi connectivity index (χ3v) is 6.87. The lowest BCUT2D eigenvalue weighted by Gasteiger charge is -2.10. The lowest BCUT2D eigenvalue weighted by Crippen LogP contribution is -1.98. The zero-order chi connectivity index (χ0) is 26.0. The molecule has 0 aliphatic rings. The highest BCUT2D eigenvalue weighted by molar-refractivity contribution is 5.73. The highest BCUT2D eigenvalue weighted by Crippen LogP contribution is 2.32. The molecule has 0 aliphatic carbocycles. The largest absolute Gasteiger partial charge is 0.491 e. The second kappa shape index (κ2) is 13.2. The summed E-state index contributed by atoms with van der Waals surface area (Å²) in [5.41, 5.74) is 6.74. The van der Waals surface area contributed by atoms with Gasteiger partial charge in [0.1, 0.15) is 0 Å². The minimum Gasteiger partial charge on any atom is -0.491 e. The molecule has 37 heavy (non-hydrogen) atoms. The Morgan fingerprint density at radius 2 is 1.00 bits per heavy atom. The summed E-state index contributed by atoms with van der Waals surface area (Å²) in [5, 5.41) is 0. The molecule has 0 amide bonds. The summed E-state index contributed by atoms with van der Waals surface area (Å²) in [6.07, 6.45) is 9.07. The number of hydrogen-bond donors (Lipinski definition) is 0. The minimum atomic E-state index is -0.950. The van der Waals surface area contributed by atoms with Crippen molar-refractivity contribution in [1.29, 1.82) is 0 Å². The van der Waals surface area contributed by atoms with Crippen molar-refractivity contribution < 1.29 is 13.5 Å². The predicted molar refractivity (Wildman–Crippen MR) is 151 cm³/mol. The Labute approximate surface area is 220 Å². The van der Waals surface area contributed by atoms with Crippen LogP contribution in [0.3, 0.4) is 0 Å². The first-order valence-electron chi connectivity index (χ1n) is 13.5. The predicted octanol–water partition coefficient (Wildman–Crippen LogP) is 10.3. The molecule has 0 unspecified atom stereocenters. The molecule has 0 spiro atoms. The van der Waals surface area contributed by atoms with E-state index in [1.807, 2.05) is 24.3 Å². The van der Waals surface area contributed by atoms with Gasteiger partial charge in [0.25, 0.3) is 0 Å². The fraction of sp³-hybridized carbons (Fsp3) is 0.294. The van der Waals surface area contributed by atoms with Gasteiger partial charge >= 0.3 is 0 Å². The van der Waals surface area contributed by atoms with Crippen molar-refractivity contribution in [2.75, 3.05) is 6.61 Å². The quantitative estimate of drug-likeness (QED) is 0.177. The zero-order valence-electron chi connectivity index (χ0n) is 21.9. The molecular formula is C34H36F2O. The van der Waals surface area contributed by atoms with Gasteiger partial charge in [-0.2, -0.15) is 4.39 Å². The standard InChI is InChI=1S/C34H36F2O/c1-3-5-6-7-8-9-10-25-11-13-26(14-12-25)27-15-17-28(18-16-27)29-19-21-30(22-20-29)31-23-24-32(37-4-2)34(36)33(31)35/h11-24H,3-10H2,1-2H3. The van der Waals surface area contributed by atoms with E-state index in [0.717, 1.165) is 17.5 Å². The number of aryl methyl sites for hydroxylation is 1. The van der Waals surface area contributed by atoms with Gasteiger partial charge in [0.15, 0.2) is 11.6 Å². The van der Waals surface area contributed by atoms with Crippen LogP contribution in [0.5, 0.6) is 5.75 Å². The second-order valence-electron chi connectivity index (χ2n) is 9.54. The van der Waals surface area contributed by atoms with Crippen LogP contribution in [-0.2, 0) is 6.42 Å². The first-order chi connectivity index (χ1) is 18.1. The van der Waals surface area contributed by atoms with Crippen LogP contribution in [0.25, 0.3) is 33.4 Å². The van der Waals surface area contributed by atoms with Crippen molar-refractivity contribution in [3.05, 3.63) is 102 Å². The van der Waals surface area contributed by atoms with Gasteiger partial charge in [-0.25, -0.2) is 4.39 Å². The molecule has 0 radical (unpaired) electrons. The van der Waals surface area contributed by atoms with Gasteiger partial charge in [-0.3, -0.25) is 0 Å². The van der Waals surface area contributed by atoms with Gasteiger partial charge in [-0.15, -0.1) is 0 Å². The molecule has 0 bridgehead atoms. The Hall–Kier alpha value is -3.46. The average molecular weight is 499 g/mol. The van der Waals surface area contributed by atoms with E-state index >= 15 is 0 Å². The lowest BCUT2D eigenvalue weighted by atomic mass is 9.97. The highest BCUT2D eigenvalue weighted by atomic mass is 19.2. The van der Waals surface area contributed by atoms with Crippen molar-refractivity contribution in [2.24, 2.45) is 0 Å². The maximum Gasteiger partial charge on any atom is 0.201 e. The number of rotatable bonds is 12. The van der Waals surface area contributed by atoms with E-state index in [1.54, 1.807) is 13.0 Å². The molecule has 0 saturated carbocycles. The molecule has 4 aromatic rings. The van der Waals surface area contributed by atoms with Crippen LogP contribution in [0.2, 0.25) is 0 Å². The maximum atomic E-state index is 14.6. The molecule has 1 nitrogen and oxygen atoms in total. The summed E-state index contributed by atoms with van der Waals surface area (Å²) in [4.78, 5) is 0. The number of halogens is 2. The van der Waals surface area contributed by atoms with Crippen LogP contribution in [0.4, 0.5) is 8.78 Å². The van der Waals surface area contributed by atoms with Crippen molar-refractivity contribution in [1.82, 2.24) is 0 Å². The fourth-order valence-corrected chi connectivity index (χ4v) is 4.69. The third kappa shape index (κ3) is 6.85. The van der Waals surface area contributed by atoms with Crippen LogP contribution >= 0.6 is 0 Å². The molecular weight excluding hydrogens is 462 g/mol. The van der Waals surface area contributed by atoms with E-state index < -0.39 is 11.6 Å². The summed E-state index contributed by atoms with van der Waals surface area (Å²) >= 11 is 0. The van der Waals surface area contributed by atoms with Gasteiger partial charge in [-0.05, 0) is 65.3 Å². The molecule has 0 atom stereocenters. The molecule has 0 aliphatic heterocycles. The fourth-order valence-electron chi connectivity index (χ4n) is 4.69. The lowest BCUT2D eigenvalue weighted by molar-refractivity contribution is 0.314. The molecule has 4 aromatic carbocycles. The Morgan fingerprint density at radius 1 is 0.514 bits per heavy atom. The second-order valence-corrected chi connectivity index (χ2v) is 9.54. The number of ether oxygens (including phenoxy) is 1. The average Bonchev–Trinajstić information content (AvgIpc) is 2.94. The summed E-state index contributed by atoms with van der Waals surface area (Å²) in [7, 11) is 0. The van der Waals surface area contributed by atoms with E-state index in [-0.39, 0.29) is 17.9 Å². The Morgan fingerprint density at radius 3 is 1.54 bits per heavy atom. The first-order valence-corrected chi connectivity index (χ1v) is 13.5. The van der Waals surface area contributed by atoms with Crippen molar-refractivity contribution in [3.8, 4) is 39.1 Å². The minimum absolute atomic E-state index is 0.0621. The summed E-state index contributed by atoms with van der Waals surface area (Å²) < 4.78 is 34.0. The van der Waals surface area contributed by atoms with Crippen LogP contribution in [-0.4, -0.2) is 6.61 Å². The van der Waals surface area contributed by atoms with E-state index in [0.29, 0.717) is 5.56 Å². The van der Waals surface area contributed by atoms with Crippen LogP contribution in [0.1, 0.15) is 57.9 Å². The highest BCUT2D eigenvalue weighted by Gasteiger charge is 2.15. The zero-order valence-corrected chi connectivity index (χ0v) is 21.9. The van der Waals surface area contributed by atoms with Crippen LogP contribution in [0.15, 0.2) is 84.9 Å². The van der Waals surface area contributed by atoms with Crippen LogP contribution in [0, 0.1) is 11.6 Å². The van der Waals surface area contributed by atoms with E-state index in [9.17, 15) is 8.78 Å². The molecule has 192 valence electrons. The normalized spacial score (nSPS) is 11.0. The Balaban J connectivity index is 1.39. The van der Waals surface area contributed by atoms with Gasteiger partial charge < -0.3 is 4.74 Å². The molecule has 0 N–H and O–H groups in total. The van der Waals surface area contributed by atoms with E-state index in [1.165, 1.54) is 61.3 Å². The van der Waals surface area contributed by atoms with Gasteiger partial charge in [-0.1, -0.05) is 112 Å². The molecule has 0 saturated heterocycles. The van der Waals surface area contributed by atoms with Gasteiger partial charge in [0.2, 0.25) is 5.82 Å². The molecule has 4 rings (SSSR count). The summed E-state index contributed by atoms with van der Waals surface area (Å²) in [5.74, 6) is -1.90. The number of benzene rings is 4. The smallest absolute Gasteiger partial charge is 0.201 e. The molecule has 0 heterocycles. The Bertz CT molecular complexity index is 1260. The van der Waals surface area contributed by atoms with Gasteiger partial charge in [0, 0.05) is 5.56 Å². The SMILES string of the molecule is CCCCCCCCc1ccc(-c2ccc(-c3ccc(-c4ccc(OCC)c(F)c4F)cc3)cc2)cc1. The van der Waals surface area contributed by atoms with Crippen molar-refractivity contribution in [2.45, 2.75) is 58.8 Å². The molecule has 0 fully saturated rings. The van der Waals surface area contributed by atoms with E-state index in [2.05, 4.69) is 55.5 Å². The third-order valence-electron chi connectivity index (χ3n) is 6.87. The van der Waals surface area contributed by atoms with Crippen molar-refractivity contribution in [3.63, 3.8) is 0 Å². The van der Waals surface area contributed by atoms with Crippen LogP contribution < -0.4 is 4.74 Å². The first kappa shape index (κ1) is 26.6. The molecule has 3 heteroatoms. The van der Waals surface area contributed by atoms with E-state index in [4.69, 9.17) is 4.74 Å².